The molecule has 0 aromatic carbocycles. The maximum Gasteiger partial charge on any atom is 0.268 e. The van der Waals surface area contributed by atoms with E-state index in [1.54, 1.807) is 6.08 Å². The van der Waals surface area contributed by atoms with Crippen LogP contribution in [0, 0.1) is 0 Å². The number of nitrogens with zero attached hydrogens (tertiary/aromatic N) is 1. The highest BCUT2D eigenvalue weighted by atomic mass is 31.2. The average Bonchev–Trinajstić information content (AvgIpc) is 3.34. The van der Waals surface area contributed by atoms with Crippen LogP contribution in [0.4, 0.5) is 0 Å². The van der Waals surface area contributed by atoms with Gasteiger partial charge in [-0.3, -0.25) is 9.36 Å². The summed E-state index contributed by atoms with van der Waals surface area (Å²) in [6.07, 6.45) is 71.1. The van der Waals surface area contributed by atoms with Gasteiger partial charge in [-0.25, -0.2) is 0 Å². The monoisotopic (exact) mass is 1030 g/mol. The lowest BCUT2D eigenvalue weighted by molar-refractivity contribution is -0.870. The highest BCUT2D eigenvalue weighted by Gasteiger charge is 2.23. The Morgan fingerprint density at radius 2 is 0.778 bits per heavy atom. The molecule has 0 heterocycles. The Labute approximate surface area is 448 Å². The minimum Gasteiger partial charge on any atom is -0.756 e. The van der Waals surface area contributed by atoms with Crippen LogP contribution < -0.4 is 10.2 Å². The Morgan fingerprint density at radius 1 is 0.472 bits per heavy atom. The van der Waals surface area contributed by atoms with Crippen LogP contribution in [0.15, 0.2) is 36.5 Å². The first kappa shape index (κ1) is 70.7. The summed E-state index contributed by atoms with van der Waals surface area (Å²) in [6.45, 7) is 4.67. The maximum absolute atomic E-state index is 13.0. The van der Waals surface area contributed by atoms with E-state index < -0.39 is 20.0 Å². The van der Waals surface area contributed by atoms with E-state index in [1.807, 2.05) is 27.2 Å². The van der Waals surface area contributed by atoms with Gasteiger partial charge >= 0.3 is 0 Å². The molecule has 1 amide bonds. The second kappa shape index (κ2) is 54.5. The third-order valence-electron chi connectivity index (χ3n) is 14.3. The minimum absolute atomic E-state index is 0.00499. The van der Waals surface area contributed by atoms with Crippen LogP contribution >= 0.6 is 7.82 Å². The number of aliphatic hydroxyl groups excluding tert-OH is 1. The van der Waals surface area contributed by atoms with Crippen molar-refractivity contribution >= 4 is 13.7 Å². The molecule has 8 nitrogen and oxygen atoms in total. The number of hydrogen-bond donors (Lipinski definition) is 2. The van der Waals surface area contributed by atoms with Crippen molar-refractivity contribution in [3.05, 3.63) is 36.5 Å². The van der Waals surface area contributed by atoms with Gasteiger partial charge in [0, 0.05) is 6.42 Å². The molecule has 0 aliphatic rings. The largest absolute Gasteiger partial charge is 0.756 e. The number of nitrogens with one attached hydrogen (secondary N) is 1. The van der Waals surface area contributed by atoms with E-state index in [2.05, 4.69) is 43.5 Å². The molecule has 426 valence electrons. The van der Waals surface area contributed by atoms with Gasteiger partial charge in [0.05, 0.1) is 39.9 Å². The van der Waals surface area contributed by atoms with Crippen LogP contribution in [0.5, 0.6) is 0 Å². The van der Waals surface area contributed by atoms with Crippen LogP contribution in [0.1, 0.15) is 309 Å². The molecule has 0 saturated carbocycles. The second-order valence-electron chi connectivity index (χ2n) is 22.8. The normalized spacial score (nSPS) is 14.0. The maximum atomic E-state index is 13.0. The van der Waals surface area contributed by atoms with E-state index in [0.717, 1.165) is 38.5 Å². The number of phosphoric acid groups is 1. The van der Waals surface area contributed by atoms with Gasteiger partial charge in [-0.05, 0) is 57.8 Å². The number of carbonyl (C=O) groups is 1. The van der Waals surface area contributed by atoms with Gasteiger partial charge in [-0.1, -0.05) is 281 Å². The summed E-state index contributed by atoms with van der Waals surface area (Å²) in [5.74, 6) is -0.202. The molecule has 0 aromatic heterocycles. The summed E-state index contributed by atoms with van der Waals surface area (Å²) in [5.41, 5.74) is 0. The number of hydrogen-bond acceptors (Lipinski definition) is 6. The average molecular weight is 1040 g/mol. The van der Waals surface area contributed by atoms with Crippen molar-refractivity contribution in [2.75, 3.05) is 40.9 Å². The van der Waals surface area contributed by atoms with Gasteiger partial charge in [0.15, 0.2) is 0 Å². The molecule has 72 heavy (non-hydrogen) atoms. The van der Waals surface area contributed by atoms with E-state index in [0.29, 0.717) is 17.4 Å². The molecule has 0 rings (SSSR count). The lowest BCUT2D eigenvalue weighted by Gasteiger charge is -2.29. The van der Waals surface area contributed by atoms with E-state index >= 15 is 0 Å². The van der Waals surface area contributed by atoms with Crippen LogP contribution in [0.2, 0.25) is 0 Å². The number of rotatable bonds is 58. The third-order valence-corrected chi connectivity index (χ3v) is 15.3. The first-order chi connectivity index (χ1) is 35.0. The third kappa shape index (κ3) is 56.4. The molecule has 0 aliphatic carbocycles. The summed E-state index contributed by atoms with van der Waals surface area (Å²) in [7, 11) is 1.25. The second-order valence-corrected chi connectivity index (χ2v) is 24.2. The van der Waals surface area contributed by atoms with Crippen LogP contribution in [-0.4, -0.2) is 68.5 Å². The number of likely N-dealkylation sites (N-methyl/N-ethyl adjacent to an activating group) is 1. The summed E-state index contributed by atoms with van der Waals surface area (Å²) in [5, 5.41) is 13.9. The number of allylic oxidation sites excluding steroid dienone is 5. The SMILES string of the molecule is CCCCCCCCCCCCCC/C=C\CCCCCCCCCCCCCCCCCCC(=O)NC(COP(=O)([O-])OCC[N+](C)(C)C)C(O)/C=C/CC/C=C/CCCCCCCCCCCCCC. The van der Waals surface area contributed by atoms with Crippen molar-refractivity contribution in [2.45, 2.75) is 321 Å². The van der Waals surface area contributed by atoms with Gasteiger partial charge in [0.2, 0.25) is 5.91 Å². The van der Waals surface area contributed by atoms with E-state index in [4.69, 9.17) is 9.05 Å². The minimum atomic E-state index is -4.60. The van der Waals surface area contributed by atoms with E-state index in [9.17, 15) is 19.4 Å². The van der Waals surface area contributed by atoms with Crippen molar-refractivity contribution in [2.24, 2.45) is 0 Å². The van der Waals surface area contributed by atoms with Gasteiger partial charge < -0.3 is 28.8 Å². The standard InChI is InChI=1S/C63H123N2O6P/c1-6-8-10-12-14-16-18-20-22-24-26-27-28-29-30-31-32-33-34-35-36-37-38-39-41-43-45-47-49-51-53-55-57-63(67)64-61(60-71-72(68,69)70-59-58-65(3,4)5)62(66)56-54-52-50-48-46-44-42-40-25-23-21-19-17-15-13-11-9-7-2/h29-30,46,48,54,56,61-62,66H,6-28,31-45,47,49-53,55,57-60H2,1-5H3,(H-,64,67,68,69)/b30-29-,48-46+,56-54+. The van der Waals surface area contributed by atoms with Gasteiger partial charge in [-0.15, -0.1) is 0 Å². The lowest BCUT2D eigenvalue weighted by atomic mass is 10.0. The Balaban J connectivity index is 4.07. The molecule has 0 saturated heterocycles. The summed E-state index contributed by atoms with van der Waals surface area (Å²) in [4.78, 5) is 25.5. The van der Waals surface area contributed by atoms with E-state index in [-0.39, 0.29) is 19.1 Å². The number of carbonyl (C=O) groups excluding carboxylic acids is 1. The zero-order valence-corrected chi connectivity index (χ0v) is 49.5. The zero-order chi connectivity index (χ0) is 52.7. The Kier molecular flexibility index (Phi) is 53.5. The lowest BCUT2D eigenvalue weighted by Crippen LogP contribution is -2.45. The van der Waals surface area contributed by atoms with Crippen LogP contribution in [0.3, 0.4) is 0 Å². The fourth-order valence-electron chi connectivity index (χ4n) is 9.40. The Morgan fingerprint density at radius 3 is 1.12 bits per heavy atom. The van der Waals surface area contributed by atoms with Crippen LogP contribution in [0.25, 0.3) is 0 Å². The molecule has 0 aromatic rings. The van der Waals surface area contributed by atoms with Crippen molar-refractivity contribution in [3.63, 3.8) is 0 Å². The van der Waals surface area contributed by atoms with Crippen molar-refractivity contribution in [1.82, 2.24) is 5.32 Å². The summed E-state index contributed by atoms with van der Waals surface area (Å²) >= 11 is 0. The first-order valence-corrected chi connectivity index (χ1v) is 32.8. The van der Waals surface area contributed by atoms with E-state index in [1.165, 1.54) is 250 Å². The number of aliphatic hydroxyl groups is 1. The molecular formula is C63H123N2O6P. The highest BCUT2D eigenvalue weighted by Crippen LogP contribution is 2.38. The molecule has 3 atom stereocenters. The summed E-state index contributed by atoms with van der Waals surface area (Å²) < 4.78 is 23.4. The fourth-order valence-corrected chi connectivity index (χ4v) is 10.1. The topological polar surface area (TPSA) is 108 Å². The number of unbranched alkanes of at least 4 members (excludes halogenated alkanes) is 41. The number of phosphoric ester groups is 1. The molecule has 0 bridgehead atoms. The highest BCUT2D eigenvalue weighted by molar-refractivity contribution is 7.45. The first-order valence-electron chi connectivity index (χ1n) is 31.4. The van der Waals surface area contributed by atoms with Gasteiger partial charge in [0.25, 0.3) is 7.82 Å². The molecule has 0 spiro atoms. The molecule has 0 fully saturated rings. The quantitative estimate of drug-likeness (QED) is 0.0272. The molecule has 0 radical (unpaired) electrons. The number of quaternary nitrogens is 1. The Bertz CT molecular complexity index is 1270. The predicted octanol–water partition coefficient (Wildman–Crippen LogP) is 18.7. The number of amides is 1. The molecule has 3 unspecified atom stereocenters. The summed E-state index contributed by atoms with van der Waals surface area (Å²) in [6, 6.07) is -0.902. The van der Waals surface area contributed by atoms with Crippen LogP contribution in [-0.2, 0) is 18.4 Å². The van der Waals surface area contributed by atoms with Gasteiger partial charge in [-0.2, -0.15) is 0 Å². The Hall–Kier alpha value is -1.28. The fraction of sp³-hybridized carbons (Fsp3) is 0.889. The molecule has 2 N–H and O–H groups in total. The van der Waals surface area contributed by atoms with Crippen molar-refractivity contribution < 1.29 is 32.9 Å². The predicted molar refractivity (Wildman–Crippen MR) is 311 cm³/mol. The smallest absolute Gasteiger partial charge is 0.268 e. The molecule has 0 aliphatic heterocycles. The molecule has 9 heteroatoms. The molecular weight excluding hydrogens is 912 g/mol. The van der Waals surface area contributed by atoms with Crippen molar-refractivity contribution in [3.8, 4) is 0 Å². The van der Waals surface area contributed by atoms with Gasteiger partial charge in [0.1, 0.15) is 13.2 Å². The van der Waals surface area contributed by atoms with Crippen molar-refractivity contribution in [1.29, 1.82) is 0 Å². The zero-order valence-electron chi connectivity index (χ0n) is 48.6.